The van der Waals surface area contributed by atoms with Gasteiger partial charge in [-0.15, -0.1) is 0 Å². The number of rotatable bonds is 3. The highest BCUT2D eigenvalue weighted by atomic mass is 15.3. The number of anilines is 1. The molecule has 1 saturated heterocycles. The zero-order valence-corrected chi connectivity index (χ0v) is 15.3. The van der Waals surface area contributed by atoms with Gasteiger partial charge < -0.3 is 14.8 Å². The molecule has 5 heterocycles. The molecule has 8 heteroatoms. The van der Waals surface area contributed by atoms with E-state index in [2.05, 4.69) is 46.7 Å². The summed E-state index contributed by atoms with van der Waals surface area (Å²) in [5.41, 5.74) is 2.20. The molecule has 0 radical (unpaired) electrons. The zero-order valence-electron chi connectivity index (χ0n) is 15.3. The van der Waals surface area contributed by atoms with Crippen molar-refractivity contribution in [2.75, 3.05) is 24.5 Å². The molecule has 1 atom stereocenters. The highest BCUT2D eigenvalue weighted by Gasteiger charge is 2.26. The van der Waals surface area contributed by atoms with Crippen molar-refractivity contribution in [2.45, 2.75) is 38.4 Å². The van der Waals surface area contributed by atoms with Crippen LogP contribution in [-0.2, 0) is 13.1 Å². The van der Waals surface area contributed by atoms with Crippen molar-refractivity contribution in [3.05, 3.63) is 42.6 Å². The molecular weight excluding hydrogens is 340 g/mol. The maximum absolute atomic E-state index is 4.84. The average molecular weight is 364 g/mol. The zero-order chi connectivity index (χ0) is 18.1. The maximum atomic E-state index is 4.84. The number of fused-ring (bicyclic) bond motifs is 1. The summed E-state index contributed by atoms with van der Waals surface area (Å²) in [5, 5.41) is 8.30. The lowest BCUT2D eigenvalue weighted by atomic mass is 10.1. The van der Waals surface area contributed by atoms with Crippen molar-refractivity contribution in [1.29, 1.82) is 0 Å². The number of piperidine rings is 1. The van der Waals surface area contributed by atoms with Crippen LogP contribution in [0.4, 0.5) is 5.95 Å². The number of imidazole rings is 1. The molecule has 0 aromatic carbocycles. The van der Waals surface area contributed by atoms with Crippen molar-refractivity contribution >= 4 is 5.95 Å². The smallest absolute Gasteiger partial charge is 0.225 e. The lowest BCUT2D eigenvalue weighted by molar-refractivity contribution is 0.404. The van der Waals surface area contributed by atoms with Gasteiger partial charge in [-0.3, -0.25) is 4.68 Å². The molecule has 2 aliphatic heterocycles. The first-order chi connectivity index (χ1) is 13.4. The van der Waals surface area contributed by atoms with Crippen molar-refractivity contribution in [3.63, 3.8) is 0 Å². The lowest BCUT2D eigenvalue weighted by Gasteiger charge is -2.33. The van der Waals surface area contributed by atoms with Crippen LogP contribution in [0.5, 0.6) is 0 Å². The quantitative estimate of drug-likeness (QED) is 0.765. The summed E-state index contributed by atoms with van der Waals surface area (Å²) in [6.45, 7) is 4.77. The third-order valence-electron chi connectivity index (χ3n) is 5.42. The van der Waals surface area contributed by atoms with Gasteiger partial charge in [0.2, 0.25) is 5.95 Å². The van der Waals surface area contributed by atoms with E-state index in [1.54, 1.807) is 12.4 Å². The van der Waals surface area contributed by atoms with Gasteiger partial charge in [-0.25, -0.2) is 15.0 Å². The molecule has 2 aliphatic rings. The van der Waals surface area contributed by atoms with Gasteiger partial charge in [0.05, 0.1) is 11.7 Å². The van der Waals surface area contributed by atoms with Crippen molar-refractivity contribution in [1.82, 2.24) is 34.6 Å². The summed E-state index contributed by atoms with van der Waals surface area (Å²) in [7, 11) is 0. The van der Waals surface area contributed by atoms with Crippen molar-refractivity contribution < 1.29 is 0 Å². The van der Waals surface area contributed by atoms with Crippen LogP contribution in [0.1, 0.15) is 31.0 Å². The normalized spacial score (nSPS) is 20.3. The SMILES string of the molecule is c1cnc(N2CCCC(n3ccnc3-c3cc4n(n3)CCCNC4)C2)nc1. The van der Waals surface area contributed by atoms with Crippen LogP contribution in [0.3, 0.4) is 0 Å². The largest absolute Gasteiger partial charge is 0.339 e. The van der Waals surface area contributed by atoms with E-state index in [0.717, 1.165) is 69.5 Å². The molecule has 0 saturated carbocycles. The van der Waals surface area contributed by atoms with Crippen LogP contribution in [0.25, 0.3) is 11.5 Å². The number of hydrogen-bond acceptors (Lipinski definition) is 6. The van der Waals surface area contributed by atoms with Crippen LogP contribution in [-0.4, -0.2) is 48.9 Å². The minimum atomic E-state index is 0.347. The van der Waals surface area contributed by atoms with E-state index >= 15 is 0 Å². The fourth-order valence-electron chi connectivity index (χ4n) is 4.09. The van der Waals surface area contributed by atoms with Gasteiger partial charge in [-0.2, -0.15) is 5.10 Å². The number of aryl methyl sites for hydroxylation is 1. The fourth-order valence-corrected chi connectivity index (χ4v) is 4.09. The van der Waals surface area contributed by atoms with E-state index in [0.29, 0.717) is 6.04 Å². The van der Waals surface area contributed by atoms with E-state index in [-0.39, 0.29) is 0 Å². The van der Waals surface area contributed by atoms with Crippen LogP contribution in [0.15, 0.2) is 36.9 Å². The molecule has 0 aliphatic carbocycles. The van der Waals surface area contributed by atoms with E-state index in [1.165, 1.54) is 5.69 Å². The second-order valence-electron chi connectivity index (χ2n) is 7.22. The number of aromatic nitrogens is 6. The minimum Gasteiger partial charge on any atom is -0.339 e. The van der Waals surface area contributed by atoms with Gasteiger partial charge >= 0.3 is 0 Å². The minimum absolute atomic E-state index is 0.347. The van der Waals surface area contributed by atoms with Crippen LogP contribution < -0.4 is 10.2 Å². The monoisotopic (exact) mass is 364 g/mol. The Labute approximate surface area is 158 Å². The maximum Gasteiger partial charge on any atom is 0.225 e. The number of nitrogens with zero attached hydrogens (tertiary/aromatic N) is 7. The van der Waals surface area contributed by atoms with Crippen molar-refractivity contribution in [3.8, 4) is 11.5 Å². The molecule has 1 N–H and O–H groups in total. The van der Waals surface area contributed by atoms with E-state index < -0.39 is 0 Å². The molecule has 1 fully saturated rings. The highest BCUT2D eigenvalue weighted by Crippen LogP contribution is 2.28. The molecule has 0 spiro atoms. The predicted octanol–water partition coefficient (Wildman–Crippen LogP) is 1.87. The van der Waals surface area contributed by atoms with E-state index in [9.17, 15) is 0 Å². The van der Waals surface area contributed by atoms with Gasteiger partial charge in [0, 0.05) is 51.0 Å². The first-order valence-electron chi connectivity index (χ1n) is 9.71. The molecule has 3 aromatic heterocycles. The Morgan fingerprint density at radius 2 is 1.96 bits per heavy atom. The second kappa shape index (κ2) is 7.11. The lowest BCUT2D eigenvalue weighted by Crippen LogP contribution is -2.37. The second-order valence-corrected chi connectivity index (χ2v) is 7.22. The van der Waals surface area contributed by atoms with Gasteiger partial charge in [0.1, 0.15) is 5.69 Å². The summed E-state index contributed by atoms with van der Waals surface area (Å²) in [6, 6.07) is 4.38. The molecule has 27 heavy (non-hydrogen) atoms. The Balaban J connectivity index is 1.41. The molecular formula is C19H24N8. The highest BCUT2D eigenvalue weighted by molar-refractivity contribution is 5.51. The van der Waals surface area contributed by atoms with Gasteiger partial charge in [0.25, 0.3) is 0 Å². The molecule has 0 amide bonds. The van der Waals surface area contributed by atoms with Crippen LogP contribution in [0, 0.1) is 0 Å². The van der Waals surface area contributed by atoms with Gasteiger partial charge in [-0.05, 0) is 37.9 Å². The Kier molecular flexibility index (Phi) is 4.33. The molecule has 3 aromatic rings. The summed E-state index contributed by atoms with van der Waals surface area (Å²) in [6.07, 6.45) is 10.9. The summed E-state index contributed by atoms with van der Waals surface area (Å²) < 4.78 is 4.41. The summed E-state index contributed by atoms with van der Waals surface area (Å²) in [5.74, 6) is 1.76. The Hall–Kier alpha value is -2.74. The molecule has 5 rings (SSSR count). The van der Waals surface area contributed by atoms with Crippen molar-refractivity contribution in [2.24, 2.45) is 0 Å². The molecule has 140 valence electrons. The van der Waals surface area contributed by atoms with Gasteiger partial charge in [-0.1, -0.05) is 0 Å². The summed E-state index contributed by atoms with van der Waals surface area (Å²) in [4.78, 5) is 15.7. The molecule has 8 nitrogen and oxygen atoms in total. The third kappa shape index (κ3) is 3.21. The first kappa shape index (κ1) is 16.4. The first-order valence-corrected chi connectivity index (χ1v) is 9.71. The Morgan fingerprint density at radius 3 is 2.89 bits per heavy atom. The average Bonchev–Trinajstić information content (AvgIpc) is 3.31. The molecule has 0 bridgehead atoms. The molecule has 1 unspecified atom stereocenters. The fraction of sp³-hybridized carbons (Fsp3) is 0.474. The van der Waals surface area contributed by atoms with Crippen LogP contribution >= 0.6 is 0 Å². The standard InChI is InChI=1S/C19H24N8/c1-4-15(14-25(9-1)19-22-6-2-7-23-19)26-11-8-21-18(26)17-12-16-13-20-5-3-10-27(16)24-17/h2,6-8,11-12,15,20H,1,3-5,9-10,13-14H2. The predicted molar refractivity (Wildman–Crippen MR) is 102 cm³/mol. The third-order valence-corrected chi connectivity index (χ3v) is 5.42. The topological polar surface area (TPSA) is 76.7 Å². The summed E-state index contributed by atoms with van der Waals surface area (Å²) >= 11 is 0. The van der Waals surface area contributed by atoms with Crippen LogP contribution in [0.2, 0.25) is 0 Å². The van der Waals surface area contributed by atoms with Gasteiger partial charge in [0.15, 0.2) is 5.82 Å². The Bertz CT molecular complexity index is 876. The Morgan fingerprint density at radius 1 is 1.04 bits per heavy atom. The number of nitrogens with one attached hydrogen (secondary N) is 1. The van der Waals surface area contributed by atoms with E-state index in [4.69, 9.17) is 5.10 Å². The van der Waals surface area contributed by atoms with E-state index in [1.807, 2.05) is 12.3 Å². The number of hydrogen-bond donors (Lipinski definition) is 1.